The van der Waals surface area contributed by atoms with E-state index in [0.717, 1.165) is 16.7 Å². The largest absolute Gasteiger partial charge is 0.491 e. The van der Waals surface area contributed by atoms with Gasteiger partial charge in [0.1, 0.15) is 11.8 Å². The minimum atomic E-state index is -0.973. The number of para-hydroxylation sites is 1. The van der Waals surface area contributed by atoms with Gasteiger partial charge < -0.3 is 14.7 Å². The molecule has 1 N–H and O–H groups in total. The number of carboxylic acid groups (broad SMARTS) is 1. The van der Waals surface area contributed by atoms with Gasteiger partial charge in [0.25, 0.3) is 0 Å². The van der Waals surface area contributed by atoms with Crippen LogP contribution < -0.4 is 4.74 Å². The lowest BCUT2D eigenvalue weighted by Gasteiger charge is -2.34. The maximum Gasteiger partial charge on any atom is 0.326 e. The predicted molar refractivity (Wildman–Crippen MR) is 98.0 cm³/mol. The van der Waals surface area contributed by atoms with E-state index in [1.807, 2.05) is 62.4 Å². The second-order valence-electron chi connectivity index (χ2n) is 6.80. The molecule has 0 spiro atoms. The molecule has 26 heavy (non-hydrogen) atoms. The molecule has 1 atom stereocenters. The van der Waals surface area contributed by atoms with Crippen molar-refractivity contribution < 1.29 is 19.4 Å². The van der Waals surface area contributed by atoms with E-state index in [4.69, 9.17) is 4.74 Å². The Morgan fingerprint density at radius 3 is 2.46 bits per heavy atom. The number of rotatable bonds is 5. The molecule has 0 radical (unpaired) electrons. The van der Waals surface area contributed by atoms with Crippen molar-refractivity contribution in [1.82, 2.24) is 4.90 Å². The highest BCUT2D eigenvalue weighted by Crippen LogP contribution is 2.26. The minimum Gasteiger partial charge on any atom is -0.491 e. The molecule has 0 saturated heterocycles. The number of nitrogens with zero attached hydrogens (tertiary/aromatic N) is 1. The number of ether oxygens (including phenoxy) is 1. The van der Waals surface area contributed by atoms with Crippen LogP contribution in [0, 0.1) is 0 Å². The number of amides is 1. The molecular weight excluding hydrogens is 330 g/mol. The number of carbonyl (C=O) groups is 2. The molecule has 1 aliphatic heterocycles. The molecule has 5 nitrogen and oxygen atoms in total. The molecule has 1 heterocycles. The molecule has 2 aromatic rings. The lowest BCUT2D eigenvalue weighted by atomic mass is 9.93. The summed E-state index contributed by atoms with van der Waals surface area (Å²) in [5.41, 5.74) is 2.77. The molecule has 3 rings (SSSR count). The van der Waals surface area contributed by atoms with Gasteiger partial charge in [-0.05, 0) is 31.0 Å². The van der Waals surface area contributed by atoms with Crippen molar-refractivity contribution in [1.29, 1.82) is 0 Å². The first-order valence-electron chi connectivity index (χ1n) is 8.79. The lowest BCUT2D eigenvalue weighted by Crippen LogP contribution is -2.49. The van der Waals surface area contributed by atoms with Gasteiger partial charge in [0, 0.05) is 18.5 Å². The summed E-state index contributed by atoms with van der Waals surface area (Å²) in [5.74, 6) is -0.508. The van der Waals surface area contributed by atoms with Crippen molar-refractivity contribution in [3.8, 4) is 5.75 Å². The van der Waals surface area contributed by atoms with E-state index in [1.54, 1.807) is 0 Å². The maximum atomic E-state index is 12.9. The van der Waals surface area contributed by atoms with Gasteiger partial charge >= 0.3 is 5.97 Å². The highest BCUT2D eigenvalue weighted by atomic mass is 16.5. The normalized spacial score (nSPS) is 16.3. The summed E-state index contributed by atoms with van der Waals surface area (Å²) in [6, 6.07) is 14.3. The Labute approximate surface area is 153 Å². The van der Waals surface area contributed by atoms with Crippen LogP contribution in [-0.2, 0) is 29.0 Å². The van der Waals surface area contributed by atoms with Gasteiger partial charge in [0.05, 0.1) is 12.5 Å². The lowest BCUT2D eigenvalue weighted by molar-refractivity contribution is -0.151. The number of aliphatic carboxylic acids is 1. The fourth-order valence-corrected chi connectivity index (χ4v) is 3.29. The summed E-state index contributed by atoms with van der Waals surface area (Å²) in [6.45, 7) is 4.18. The Balaban J connectivity index is 1.84. The molecule has 0 fully saturated rings. The molecule has 5 heteroatoms. The van der Waals surface area contributed by atoms with Crippen LogP contribution in [0.1, 0.15) is 30.5 Å². The first-order valence-corrected chi connectivity index (χ1v) is 8.79. The van der Waals surface area contributed by atoms with Gasteiger partial charge in [-0.15, -0.1) is 0 Å². The summed E-state index contributed by atoms with van der Waals surface area (Å²) >= 11 is 0. The Bertz CT molecular complexity index is 815. The van der Waals surface area contributed by atoms with E-state index in [-0.39, 0.29) is 18.4 Å². The van der Waals surface area contributed by atoms with Gasteiger partial charge in [-0.1, -0.05) is 42.5 Å². The van der Waals surface area contributed by atoms with Crippen LogP contribution in [0.2, 0.25) is 0 Å². The van der Waals surface area contributed by atoms with E-state index in [9.17, 15) is 14.7 Å². The van der Waals surface area contributed by atoms with E-state index in [0.29, 0.717) is 18.7 Å². The van der Waals surface area contributed by atoms with Crippen LogP contribution in [0.5, 0.6) is 5.75 Å². The van der Waals surface area contributed by atoms with Gasteiger partial charge in [-0.25, -0.2) is 4.79 Å². The Morgan fingerprint density at radius 2 is 1.77 bits per heavy atom. The van der Waals surface area contributed by atoms with Crippen LogP contribution in [0.3, 0.4) is 0 Å². The topological polar surface area (TPSA) is 66.8 Å². The number of carbonyl (C=O) groups excluding carboxylic acids is 1. The molecule has 1 unspecified atom stereocenters. The first kappa shape index (κ1) is 18.0. The van der Waals surface area contributed by atoms with Crippen molar-refractivity contribution in [3.63, 3.8) is 0 Å². The monoisotopic (exact) mass is 353 g/mol. The molecule has 136 valence electrons. The van der Waals surface area contributed by atoms with Crippen LogP contribution in [0.25, 0.3) is 0 Å². The van der Waals surface area contributed by atoms with Gasteiger partial charge in [0.2, 0.25) is 5.91 Å². The summed E-state index contributed by atoms with van der Waals surface area (Å²) < 4.78 is 5.78. The molecule has 0 aromatic heterocycles. The third-order valence-corrected chi connectivity index (χ3v) is 4.53. The molecule has 2 aromatic carbocycles. The first-order chi connectivity index (χ1) is 12.5. The Kier molecular flexibility index (Phi) is 5.26. The molecule has 0 aliphatic carbocycles. The van der Waals surface area contributed by atoms with E-state index in [2.05, 4.69) is 0 Å². The highest BCUT2D eigenvalue weighted by molar-refractivity contribution is 5.86. The zero-order valence-corrected chi connectivity index (χ0v) is 15.0. The average Bonchev–Trinajstić information content (AvgIpc) is 2.61. The Morgan fingerprint density at radius 1 is 1.12 bits per heavy atom. The van der Waals surface area contributed by atoms with Crippen LogP contribution in [0.15, 0.2) is 48.5 Å². The van der Waals surface area contributed by atoms with Crippen LogP contribution in [0.4, 0.5) is 0 Å². The summed E-state index contributed by atoms with van der Waals surface area (Å²) in [5, 5.41) is 9.60. The summed E-state index contributed by atoms with van der Waals surface area (Å²) in [4.78, 5) is 26.1. The zero-order valence-electron chi connectivity index (χ0n) is 15.0. The van der Waals surface area contributed by atoms with Crippen LogP contribution >= 0.6 is 0 Å². The number of carboxylic acids is 1. The smallest absolute Gasteiger partial charge is 0.326 e. The van der Waals surface area contributed by atoms with E-state index < -0.39 is 12.0 Å². The standard InChI is InChI=1S/C21H23NO4/c1-14(2)26-19-10-6-5-8-16(19)12-20(23)22-13-17-9-4-3-7-15(17)11-18(22)21(24)25/h3-10,14,18H,11-13H2,1-2H3,(H,24,25). The fraction of sp³-hybridized carbons (Fsp3) is 0.333. The predicted octanol–water partition coefficient (Wildman–Crippen LogP) is 3.05. The number of hydrogen-bond donors (Lipinski definition) is 1. The highest BCUT2D eigenvalue weighted by Gasteiger charge is 2.34. The molecule has 0 bridgehead atoms. The third-order valence-electron chi connectivity index (χ3n) is 4.53. The number of fused-ring (bicyclic) bond motifs is 1. The second-order valence-corrected chi connectivity index (χ2v) is 6.80. The van der Waals surface area contributed by atoms with Crippen molar-refractivity contribution in [2.75, 3.05) is 0 Å². The van der Waals surface area contributed by atoms with Gasteiger partial charge in [-0.2, -0.15) is 0 Å². The molecule has 1 aliphatic rings. The molecular formula is C21H23NO4. The Hall–Kier alpha value is -2.82. The van der Waals surface area contributed by atoms with Crippen molar-refractivity contribution in [3.05, 3.63) is 65.2 Å². The minimum absolute atomic E-state index is 0.000108. The fourth-order valence-electron chi connectivity index (χ4n) is 3.29. The third kappa shape index (κ3) is 3.87. The number of benzene rings is 2. The molecule has 1 amide bonds. The maximum absolute atomic E-state index is 12.9. The second kappa shape index (κ2) is 7.60. The van der Waals surface area contributed by atoms with Crippen molar-refractivity contribution in [2.24, 2.45) is 0 Å². The van der Waals surface area contributed by atoms with Gasteiger partial charge in [-0.3, -0.25) is 4.79 Å². The summed E-state index contributed by atoms with van der Waals surface area (Å²) in [6.07, 6.45) is 0.454. The molecule has 0 saturated carbocycles. The van der Waals surface area contributed by atoms with Crippen LogP contribution in [-0.4, -0.2) is 34.0 Å². The summed E-state index contributed by atoms with van der Waals surface area (Å²) in [7, 11) is 0. The van der Waals surface area contributed by atoms with Crippen molar-refractivity contribution >= 4 is 11.9 Å². The van der Waals surface area contributed by atoms with Crippen molar-refractivity contribution in [2.45, 2.75) is 45.4 Å². The van der Waals surface area contributed by atoms with Gasteiger partial charge in [0.15, 0.2) is 0 Å². The van der Waals surface area contributed by atoms with E-state index >= 15 is 0 Å². The number of hydrogen-bond acceptors (Lipinski definition) is 3. The average molecular weight is 353 g/mol. The quantitative estimate of drug-likeness (QED) is 0.897. The van der Waals surface area contributed by atoms with E-state index in [1.165, 1.54) is 4.90 Å². The zero-order chi connectivity index (χ0) is 18.7. The SMILES string of the molecule is CC(C)Oc1ccccc1CC(=O)N1Cc2ccccc2CC1C(=O)O.